The van der Waals surface area contributed by atoms with Gasteiger partial charge in [0.05, 0.1) is 18.7 Å². The molecule has 2 fully saturated rings. The van der Waals surface area contributed by atoms with Crippen LogP contribution in [0.15, 0.2) is 0 Å². The van der Waals surface area contributed by atoms with Crippen LogP contribution in [0, 0.1) is 0 Å². The summed E-state index contributed by atoms with van der Waals surface area (Å²) in [4.78, 5) is 13.8. The SMILES string of the molecule is O=C([C@@H]1CCCN1)N1CCC[C@H]1CO. The van der Waals surface area contributed by atoms with Gasteiger partial charge in [0.15, 0.2) is 0 Å². The van der Waals surface area contributed by atoms with E-state index >= 15 is 0 Å². The number of rotatable bonds is 2. The second kappa shape index (κ2) is 4.28. The van der Waals surface area contributed by atoms with E-state index in [4.69, 9.17) is 5.11 Å². The van der Waals surface area contributed by atoms with Gasteiger partial charge >= 0.3 is 0 Å². The lowest BCUT2D eigenvalue weighted by atomic mass is 10.2. The number of carbonyl (C=O) groups excluding carboxylic acids is 1. The van der Waals surface area contributed by atoms with Crippen molar-refractivity contribution in [2.75, 3.05) is 19.7 Å². The molecule has 2 N–H and O–H groups in total. The molecule has 4 heteroatoms. The molecule has 0 spiro atoms. The summed E-state index contributed by atoms with van der Waals surface area (Å²) in [7, 11) is 0. The minimum atomic E-state index is 0.0159. The first-order valence-corrected chi connectivity index (χ1v) is 5.47. The Kier molecular flexibility index (Phi) is 3.03. The van der Waals surface area contributed by atoms with Crippen LogP contribution in [0.2, 0.25) is 0 Å². The van der Waals surface area contributed by atoms with Gasteiger partial charge in [0.1, 0.15) is 0 Å². The number of nitrogens with one attached hydrogen (secondary N) is 1. The molecule has 2 atom stereocenters. The summed E-state index contributed by atoms with van der Waals surface area (Å²) in [6, 6.07) is 0.0899. The molecule has 2 saturated heterocycles. The molecule has 0 aromatic carbocycles. The fourth-order valence-corrected chi connectivity index (χ4v) is 2.41. The number of aliphatic hydroxyl groups excluding tert-OH is 1. The molecule has 4 nitrogen and oxygen atoms in total. The van der Waals surface area contributed by atoms with E-state index in [9.17, 15) is 4.79 Å². The zero-order valence-corrected chi connectivity index (χ0v) is 8.41. The Balaban J connectivity index is 1.95. The summed E-state index contributed by atoms with van der Waals surface area (Å²) in [5, 5.41) is 12.3. The van der Waals surface area contributed by atoms with Crippen LogP contribution >= 0.6 is 0 Å². The van der Waals surface area contributed by atoms with Gasteiger partial charge in [-0.15, -0.1) is 0 Å². The summed E-state index contributed by atoms with van der Waals surface area (Å²) in [5.41, 5.74) is 0. The molecular weight excluding hydrogens is 180 g/mol. The van der Waals surface area contributed by atoms with Gasteiger partial charge in [-0.3, -0.25) is 4.79 Å². The quantitative estimate of drug-likeness (QED) is 0.642. The number of likely N-dealkylation sites (tertiary alicyclic amines) is 1. The topological polar surface area (TPSA) is 52.6 Å². The van der Waals surface area contributed by atoms with Gasteiger partial charge in [-0.05, 0) is 32.2 Å². The van der Waals surface area contributed by atoms with Gasteiger partial charge in [0.25, 0.3) is 0 Å². The van der Waals surface area contributed by atoms with Crippen LogP contribution in [0.5, 0.6) is 0 Å². The third-order valence-electron chi connectivity index (χ3n) is 3.23. The molecular formula is C10H18N2O2. The third-order valence-corrected chi connectivity index (χ3v) is 3.23. The van der Waals surface area contributed by atoms with E-state index in [0.717, 1.165) is 38.8 Å². The van der Waals surface area contributed by atoms with Gasteiger partial charge in [0, 0.05) is 6.54 Å². The number of amides is 1. The van der Waals surface area contributed by atoms with Crippen molar-refractivity contribution < 1.29 is 9.90 Å². The van der Waals surface area contributed by atoms with E-state index in [1.54, 1.807) is 0 Å². The summed E-state index contributed by atoms with van der Waals surface area (Å²) >= 11 is 0. The Morgan fingerprint density at radius 2 is 2.29 bits per heavy atom. The fraction of sp³-hybridized carbons (Fsp3) is 0.900. The molecule has 0 aromatic rings. The zero-order chi connectivity index (χ0) is 9.97. The number of nitrogens with zero attached hydrogens (tertiary/aromatic N) is 1. The molecule has 14 heavy (non-hydrogen) atoms. The average molecular weight is 198 g/mol. The van der Waals surface area contributed by atoms with Gasteiger partial charge in [0.2, 0.25) is 5.91 Å². The third kappa shape index (κ3) is 1.77. The summed E-state index contributed by atoms with van der Waals surface area (Å²) in [6.45, 7) is 1.88. The molecule has 2 heterocycles. The molecule has 0 unspecified atom stereocenters. The Hall–Kier alpha value is -0.610. The van der Waals surface area contributed by atoms with Crippen LogP contribution in [-0.2, 0) is 4.79 Å². The predicted octanol–water partition coefficient (Wildman–Crippen LogP) is -0.278. The minimum absolute atomic E-state index is 0.0159. The Labute approximate surface area is 84.3 Å². The van der Waals surface area contributed by atoms with Crippen molar-refractivity contribution in [3.63, 3.8) is 0 Å². The van der Waals surface area contributed by atoms with Crippen molar-refractivity contribution in [1.82, 2.24) is 10.2 Å². The number of hydrogen-bond acceptors (Lipinski definition) is 3. The van der Waals surface area contributed by atoms with Gasteiger partial charge in [-0.1, -0.05) is 0 Å². The lowest BCUT2D eigenvalue weighted by molar-refractivity contribution is -0.134. The lowest BCUT2D eigenvalue weighted by Gasteiger charge is -2.26. The standard InChI is InChI=1S/C10H18N2O2/c13-7-8-3-2-6-12(8)10(14)9-4-1-5-11-9/h8-9,11,13H,1-7H2/t8-,9-/m0/s1. The Bertz CT molecular complexity index is 214. The predicted molar refractivity (Wildman–Crippen MR) is 52.8 cm³/mol. The molecule has 2 rings (SSSR count). The van der Waals surface area contributed by atoms with E-state index in [1.165, 1.54) is 0 Å². The highest BCUT2D eigenvalue weighted by atomic mass is 16.3. The number of hydrogen-bond donors (Lipinski definition) is 2. The molecule has 2 aliphatic rings. The maximum Gasteiger partial charge on any atom is 0.240 e. The average Bonchev–Trinajstić information content (AvgIpc) is 2.87. The van der Waals surface area contributed by atoms with Crippen molar-refractivity contribution in [2.24, 2.45) is 0 Å². The monoisotopic (exact) mass is 198 g/mol. The molecule has 1 amide bonds. The summed E-state index contributed by atoms with van der Waals surface area (Å²) in [6.07, 6.45) is 4.03. The van der Waals surface area contributed by atoms with E-state index in [-0.39, 0.29) is 24.6 Å². The molecule has 0 saturated carbocycles. The molecule has 0 radical (unpaired) electrons. The normalized spacial score (nSPS) is 32.5. The Morgan fingerprint density at radius 1 is 1.43 bits per heavy atom. The molecule has 2 aliphatic heterocycles. The van der Waals surface area contributed by atoms with Gasteiger partial charge in [-0.25, -0.2) is 0 Å². The van der Waals surface area contributed by atoms with E-state index < -0.39 is 0 Å². The second-order valence-electron chi connectivity index (χ2n) is 4.16. The lowest BCUT2D eigenvalue weighted by Crippen LogP contribution is -2.46. The van der Waals surface area contributed by atoms with Crippen LogP contribution in [0.3, 0.4) is 0 Å². The summed E-state index contributed by atoms with van der Waals surface area (Å²) in [5.74, 6) is 0.194. The van der Waals surface area contributed by atoms with Crippen molar-refractivity contribution in [3.05, 3.63) is 0 Å². The minimum Gasteiger partial charge on any atom is -0.394 e. The maximum atomic E-state index is 12.0. The van der Waals surface area contributed by atoms with Crippen LogP contribution in [0.25, 0.3) is 0 Å². The van der Waals surface area contributed by atoms with Gasteiger partial charge < -0.3 is 15.3 Å². The first kappa shape index (κ1) is 9.93. The fourth-order valence-electron chi connectivity index (χ4n) is 2.41. The first-order chi connectivity index (χ1) is 6.83. The van der Waals surface area contributed by atoms with E-state index in [2.05, 4.69) is 5.32 Å². The van der Waals surface area contributed by atoms with Crippen LogP contribution < -0.4 is 5.32 Å². The molecule has 80 valence electrons. The smallest absolute Gasteiger partial charge is 0.240 e. The van der Waals surface area contributed by atoms with Gasteiger partial charge in [-0.2, -0.15) is 0 Å². The van der Waals surface area contributed by atoms with Crippen LogP contribution in [0.1, 0.15) is 25.7 Å². The number of carbonyl (C=O) groups is 1. The highest BCUT2D eigenvalue weighted by Gasteiger charge is 2.33. The molecule has 0 aliphatic carbocycles. The first-order valence-electron chi connectivity index (χ1n) is 5.47. The van der Waals surface area contributed by atoms with E-state index in [1.807, 2.05) is 4.90 Å². The maximum absolute atomic E-state index is 12.0. The Morgan fingerprint density at radius 3 is 2.93 bits per heavy atom. The van der Waals surface area contributed by atoms with Crippen molar-refractivity contribution in [1.29, 1.82) is 0 Å². The molecule has 0 bridgehead atoms. The van der Waals surface area contributed by atoms with Crippen molar-refractivity contribution >= 4 is 5.91 Å². The molecule has 0 aromatic heterocycles. The van der Waals surface area contributed by atoms with Crippen LogP contribution in [0.4, 0.5) is 0 Å². The van der Waals surface area contributed by atoms with Crippen LogP contribution in [-0.4, -0.2) is 47.7 Å². The van der Waals surface area contributed by atoms with E-state index in [0.29, 0.717) is 0 Å². The highest BCUT2D eigenvalue weighted by molar-refractivity contribution is 5.82. The largest absolute Gasteiger partial charge is 0.394 e. The van der Waals surface area contributed by atoms with Crippen molar-refractivity contribution in [3.8, 4) is 0 Å². The summed E-state index contributed by atoms with van der Waals surface area (Å²) < 4.78 is 0. The highest BCUT2D eigenvalue weighted by Crippen LogP contribution is 2.19. The number of aliphatic hydroxyl groups is 1. The zero-order valence-electron chi connectivity index (χ0n) is 8.41. The van der Waals surface area contributed by atoms with Crippen molar-refractivity contribution in [2.45, 2.75) is 37.8 Å². The second-order valence-corrected chi connectivity index (χ2v) is 4.16.